The molecular formula is C13H17NO3. The van der Waals surface area contributed by atoms with Crippen molar-refractivity contribution in [3.8, 4) is 0 Å². The molecule has 1 atom stereocenters. The van der Waals surface area contributed by atoms with Crippen LogP contribution in [-0.2, 0) is 16.1 Å². The van der Waals surface area contributed by atoms with Crippen molar-refractivity contribution in [2.24, 2.45) is 11.7 Å². The molecule has 17 heavy (non-hydrogen) atoms. The van der Waals surface area contributed by atoms with Crippen LogP contribution < -0.4 is 5.73 Å². The Hall–Kier alpha value is -1.39. The molecule has 0 amide bonds. The first-order valence-electron chi connectivity index (χ1n) is 5.80. The van der Waals surface area contributed by atoms with Gasteiger partial charge in [-0.05, 0) is 24.3 Å². The summed E-state index contributed by atoms with van der Waals surface area (Å²) in [5.74, 6) is -0.857. The molecule has 4 heteroatoms. The van der Waals surface area contributed by atoms with Crippen molar-refractivity contribution in [1.29, 1.82) is 0 Å². The maximum Gasteiger partial charge on any atom is 0.320 e. The SMILES string of the molecule is N[C@@H](C(=O)O)[C@H]1C[C@@H](OCc2ccccc2)C1. The van der Waals surface area contributed by atoms with Crippen LogP contribution in [0.15, 0.2) is 30.3 Å². The zero-order chi connectivity index (χ0) is 12.3. The molecule has 0 bridgehead atoms. The fourth-order valence-corrected chi connectivity index (χ4v) is 2.03. The highest BCUT2D eigenvalue weighted by Gasteiger charge is 2.37. The third-order valence-corrected chi connectivity index (χ3v) is 3.25. The summed E-state index contributed by atoms with van der Waals surface area (Å²) in [7, 11) is 0. The molecular weight excluding hydrogens is 218 g/mol. The van der Waals surface area contributed by atoms with Gasteiger partial charge in [0, 0.05) is 0 Å². The molecule has 4 nitrogen and oxygen atoms in total. The number of rotatable bonds is 5. The minimum Gasteiger partial charge on any atom is -0.480 e. The zero-order valence-corrected chi connectivity index (χ0v) is 9.58. The van der Waals surface area contributed by atoms with Gasteiger partial charge in [-0.1, -0.05) is 30.3 Å². The Balaban J connectivity index is 1.70. The predicted molar refractivity (Wildman–Crippen MR) is 63.4 cm³/mol. The number of carboxylic acids is 1. The minimum absolute atomic E-state index is 0.0632. The molecule has 1 aliphatic rings. The van der Waals surface area contributed by atoms with Crippen LogP contribution in [-0.4, -0.2) is 23.2 Å². The zero-order valence-electron chi connectivity index (χ0n) is 9.58. The van der Waals surface area contributed by atoms with Gasteiger partial charge in [0.2, 0.25) is 0 Å². The number of carbonyl (C=O) groups is 1. The topological polar surface area (TPSA) is 72.6 Å². The van der Waals surface area contributed by atoms with Gasteiger partial charge in [0.15, 0.2) is 0 Å². The summed E-state index contributed by atoms with van der Waals surface area (Å²) < 4.78 is 5.68. The molecule has 0 radical (unpaired) electrons. The standard InChI is InChI=1S/C13H17NO3/c14-12(13(15)16)10-6-11(7-10)17-8-9-4-2-1-3-5-9/h1-5,10-12H,6-8,14H2,(H,15,16)/t10-,11+,12-/m1/s1. The summed E-state index contributed by atoms with van der Waals surface area (Å²) in [6.45, 7) is 0.584. The number of carboxylic acid groups (broad SMARTS) is 1. The molecule has 3 N–H and O–H groups in total. The summed E-state index contributed by atoms with van der Waals surface area (Å²) in [6.07, 6.45) is 1.66. The largest absolute Gasteiger partial charge is 0.480 e. The van der Waals surface area contributed by atoms with Crippen LogP contribution in [0.3, 0.4) is 0 Å². The van der Waals surface area contributed by atoms with Crippen molar-refractivity contribution in [2.75, 3.05) is 0 Å². The van der Waals surface area contributed by atoms with Crippen LogP contribution in [0.5, 0.6) is 0 Å². The number of aliphatic carboxylic acids is 1. The van der Waals surface area contributed by atoms with Gasteiger partial charge in [0.1, 0.15) is 6.04 Å². The average molecular weight is 235 g/mol. The Morgan fingerprint density at radius 1 is 1.41 bits per heavy atom. The summed E-state index contributed by atoms with van der Waals surface area (Å²) in [6, 6.07) is 9.20. The van der Waals surface area contributed by atoms with E-state index in [2.05, 4.69) is 0 Å². The molecule has 1 aromatic rings. The van der Waals surface area contributed by atoms with Crippen LogP contribution in [0.2, 0.25) is 0 Å². The molecule has 0 saturated heterocycles. The van der Waals surface area contributed by atoms with Gasteiger partial charge in [-0.25, -0.2) is 0 Å². The van der Waals surface area contributed by atoms with Crippen molar-refractivity contribution in [3.63, 3.8) is 0 Å². The van der Waals surface area contributed by atoms with Gasteiger partial charge in [0.25, 0.3) is 0 Å². The van der Waals surface area contributed by atoms with E-state index in [-0.39, 0.29) is 12.0 Å². The van der Waals surface area contributed by atoms with Crippen molar-refractivity contribution in [3.05, 3.63) is 35.9 Å². The van der Waals surface area contributed by atoms with E-state index < -0.39 is 12.0 Å². The Kier molecular flexibility index (Phi) is 3.76. The van der Waals surface area contributed by atoms with E-state index in [1.165, 1.54) is 0 Å². The molecule has 0 unspecified atom stereocenters. The van der Waals surface area contributed by atoms with Gasteiger partial charge in [0.05, 0.1) is 12.7 Å². The van der Waals surface area contributed by atoms with Gasteiger partial charge < -0.3 is 15.6 Å². The first-order chi connectivity index (χ1) is 8.16. The van der Waals surface area contributed by atoms with E-state index >= 15 is 0 Å². The molecule has 1 aromatic carbocycles. The minimum atomic E-state index is -0.920. The molecule has 0 aromatic heterocycles. The predicted octanol–water partition coefficient (Wildman–Crippen LogP) is 1.39. The second kappa shape index (κ2) is 5.29. The number of hydrogen-bond acceptors (Lipinski definition) is 3. The molecule has 1 saturated carbocycles. The molecule has 2 rings (SSSR count). The quantitative estimate of drug-likeness (QED) is 0.809. The lowest BCUT2D eigenvalue weighted by Gasteiger charge is -2.37. The van der Waals surface area contributed by atoms with E-state index in [1.54, 1.807) is 0 Å². The number of ether oxygens (including phenoxy) is 1. The Morgan fingerprint density at radius 2 is 2.06 bits per heavy atom. The van der Waals surface area contributed by atoms with E-state index in [0.717, 1.165) is 18.4 Å². The molecule has 92 valence electrons. The first-order valence-corrected chi connectivity index (χ1v) is 5.80. The molecule has 0 spiro atoms. The number of nitrogens with two attached hydrogens (primary N) is 1. The maximum absolute atomic E-state index is 10.7. The van der Waals surface area contributed by atoms with Crippen LogP contribution in [0, 0.1) is 5.92 Å². The summed E-state index contributed by atoms with van der Waals surface area (Å²) in [5, 5.41) is 8.75. The lowest BCUT2D eigenvalue weighted by molar-refractivity contribution is -0.143. The maximum atomic E-state index is 10.7. The summed E-state index contributed by atoms with van der Waals surface area (Å²) >= 11 is 0. The highest BCUT2D eigenvalue weighted by molar-refractivity contribution is 5.73. The van der Waals surface area contributed by atoms with Crippen molar-refractivity contribution in [2.45, 2.75) is 31.6 Å². The van der Waals surface area contributed by atoms with Crippen LogP contribution in [0.4, 0.5) is 0 Å². The van der Waals surface area contributed by atoms with E-state index in [1.807, 2.05) is 30.3 Å². The smallest absolute Gasteiger partial charge is 0.320 e. The second-order valence-corrected chi connectivity index (χ2v) is 4.51. The third-order valence-electron chi connectivity index (χ3n) is 3.25. The Bertz CT molecular complexity index is 374. The van der Waals surface area contributed by atoms with Crippen LogP contribution >= 0.6 is 0 Å². The fourth-order valence-electron chi connectivity index (χ4n) is 2.03. The summed E-state index contributed by atoms with van der Waals surface area (Å²) in [5.41, 5.74) is 6.67. The Labute approximate surface area is 100 Å². The van der Waals surface area contributed by atoms with Gasteiger partial charge in [-0.2, -0.15) is 0 Å². The highest BCUT2D eigenvalue weighted by Crippen LogP contribution is 2.32. The molecule has 1 fully saturated rings. The van der Waals surface area contributed by atoms with E-state index in [9.17, 15) is 4.79 Å². The Morgan fingerprint density at radius 3 is 2.65 bits per heavy atom. The first kappa shape index (κ1) is 12.1. The summed E-state index contributed by atoms with van der Waals surface area (Å²) in [4.78, 5) is 10.7. The number of benzene rings is 1. The lowest BCUT2D eigenvalue weighted by Crippen LogP contribution is -2.47. The average Bonchev–Trinajstić information content (AvgIpc) is 2.28. The normalized spacial score (nSPS) is 25.0. The van der Waals surface area contributed by atoms with Gasteiger partial charge >= 0.3 is 5.97 Å². The van der Waals surface area contributed by atoms with Crippen molar-refractivity contribution < 1.29 is 14.6 Å². The molecule has 1 aliphatic carbocycles. The molecule has 0 aliphatic heterocycles. The lowest BCUT2D eigenvalue weighted by atomic mass is 9.77. The monoisotopic (exact) mass is 235 g/mol. The van der Waals surface area contributed by atoms with Crippen LogP contribution in [0.25, 0.3) is 0 Å². The molecule has 0 heterocycles. The van der Waals surface area contributed by atoms with Gasteiger partial charge in [-0.15, -0.1) is 0 Å². The third kappa shape index (κ3) is 3.05. The van der Waals surface area contributed by atoms with Crippen molar-refractivity contribution in [1.82, 2.24) is 0 Å². The van der Waals surface area contributed by atoms with Crippen molar-refractivity contribution >= 4 is 5.97 Å². The van der Waals surface area contributed by atoms with E-state index in [4.69, 9.17) is 15.6 Å². The van der Waals surface area contributed by atoms with Gasteiger partial charge in [-0.3, -0.25) is 4.79 Å². The number of hydrogen-bond donors (Lipinski definition) is 2. The fraction of sp³-hybridized carbons (Fsp3) is 0.462. The van der Waals surface area contributed by atoms with E-state index in [0.29, 0.717) is 6.61 Å². The highest BCUT2D eigenvalue weighted by atomic mass is 16.5. The van der Waals surface area contributed by atoms with Crippen LogP contribution in [0.1, 0.15) is 18.4 Å². The second-order valence-electron chi connectivity index (χ2n) is 4.51.